The van der Waals surface area contributed by atoms with Gasteiger partial charge in [-0.2, -0.15) is 0 Å². The lowest BCUT2D eigenvalue weighted by molar-refractivity contribution is -1.01. The fourth-order valence-corrected chi connectivity index (χ4v) is 3.57. The summed E-state index contributed by atoms with van der Waals surface area (Å²) in [6, 6.07) is 15.5. The van der Waals surface area contributed by atoms with Gasteiger partial charge in [0.05, 0.1) is 7.05 Å². The van der Waals surface area contributed by atoms with E-state index >= 15 is 0 Å². The van der Waals surface area contributed by atoms with Crippen LogP contribution >= 0.6 is 11.6 Å². The van der Waals surface area contributed by atoms with Crippen molar-refractivity contribution in [2.45, 2.75) is 13.0 Å². The third-order valence-corrected chi connectivity index (χ3v) is 5.40. The fourth-order valence-electron chi connectivity index (χ4n) is 3.39. The van der Waals surface area contributed by atoms with Crippen molar-refractivity contribution in [2.75, 3.05) is 38.5 Å². The first-order valence-electron chi connectivity index (χ1n) is 8.82. The number of quaternary nitrogens is 2. The van der Waals surface area contributed by atoms with Gasteiger partial charge in [0, 0.05) is 16.3 Å². The second-order valence-electron chi connectivity index (χ2n) is 6.91. The highest BCUT2D eigenvalue weighted by atomic mass is 35.5. The Kier molecular flexibility index (Phi) is 5.74. The molecule has 5 heteroatoms. The lowest BCUT2D eigenvalue weighted by Crippen LogP contribution is -3.27. The molecule has 0 aliphatic carbocycles. The maximum absolute atomic E-state index is 13.1. The van der Waals surface area contributed by atoms with Crippen LogP contribution in [0.4, 0.5) is 5.69 Å². The number of carbonyl (C=O) groups excluding carboxylic acids is 1. The van der Waals surface area contributed by atoms with E-state index < -0.39 is 0 Å². The lowest BCUT2D eigenvalue weighted by atomic mass is 10.0. The van der Waals surface area contributed by atoms with E-state index in [1.54, 1.807) is 0 Å². The predicted octanol–water partition coefficient (Wildman–Crippen LogP) is 0.741. The van der Waals surface area contributed by atoms with Crippen LogP contribution < -0.4 is 15.1 Å². The van der Waals surface area contributed by atoms with Crippen molar-refractivity contribution >= 4 is 23.2 Å². The zero-order valence-electron chi connectivity index (χ0n) is 14.8. The molecule has 2 aromatic carbocycles. The monoisotopic (exact) mass is 359 g/mol. The molecule has 0 radical (unpaired) electrons. The van der Waals surface area contributed by atoms with Crippen LogP contribution in [0.15, 0.2) is 48.5 Å². The molecule has 3 N–H and O–H groups in total. The number of aryl methyl sites for hydroxylation is 1. The standard InChI is InChI=1S/C20H24ClN3O/c1-15-8-9-17(14-18(15)21)22-20(25)19(16-6-4-3-5-7-16)24-12-10-23(2)11-13-24/h3-9,14,19H,10-13H2,1-2H3,(H,22,25)/p+2/t19-/m1/s1. The van der Waals surface area contributed by atoms with E-state index in [1.165, 1.54) is 9.80 Å². The molecule has 1 aliphatic heterocycles. The molecule has 0 spiro atoms. The van der Waals surface area contributed by atoms with Crippen molar-refractivity contribution in [1.82, 2.24) is 0 Å². The Morgan fingerprint density at radius 1 is 1.08 bits per heavy atom. The van der Waals surface area contributed by atoms with Gasteiger partial charge in [0.1, 0.15) is 26.2 Å². The third-order valence-electron chi connectivity index (χ3n) is 4.99. The molecule has 2 aromatic rings. The van der Waals surface area contributed by atoms with Gasteiger partial charge in [-0.25, -0.2) is 0 Å². The number of benzene rings is 2. The SMILES string of the molecule is Cc1ccc(NC(=O)[C@@H](c2ccccc2)[NH+]2CC[NH+](C)CC2)cc1Cl. The minimum Gasteiger partial charge on any atom is -0.328 e. The molecule has 1 saturated heterocycles. The highest BCUT2D eigenvalue weighted by Gasteiger charge is 2.34. The van der Waals surface area contributed by atoms with Crippen LogP contribution in [0.25, 0.3) is 0 Å². The Hall–Kier alpha value is -1.88. The van der Waals surface area contributed by atoms with Crippen LogP contribution in [0.2, 0.25) is 5.02 Å². The second-order valence-corrected chi connectivity index (χ2v) is 7.32. The normalized spacial score (nSPS) is 21.6. The summed E-state index contributed by atoms with van der Waals surface area (Å²) in [5.74, 6) is 0.0284. The molecular formula is C20H26ClN3O+2. The van der Waals surface area contributed by atoms with Crippen molar-refractivity contribution in [2.24, 2.45) is 0 Å². The number of amides is 1. The smallest absolute Gasteiger partial charge is 0.287 e. The maximum Gasteiger partial charge on any atom is 0.287 e. The molecule has 25 heavy (non-hydrogen) atoms. The minimum absolute atomic E-state index is 0.0284. The number of nitrogens with one attached hydrogen (secondary N) is 3. The van der Waals surface area contributed by atoms with Crippen molar-refractivity contribution in [1.29, 1.82) is 0 Å². The quantitative estimate of drug-likeness (QED) is 0.740. The molecule has 1 atom stereocenters. The van der Waals surface area contributed by atoms with Gasteiger partial charge in [0.2, 0.25) is 0 Å². The average Bonchev–Trinajstić information content (AvgIpc) is 2.61. The van der Waals surface area contributed by atoms with Gasteiger partial charge in [0.25, 0.3) is 5.91 Å². The minimum atomic E-state index is -0.200. The molecule has 0 aromatic heterocycles. The summed E-state index contributed by atoms with van der Waals surface area (Å²) < 4.78 is 0. The summed E-state index contributed by atoms with van der Waals surface area (Å²) >= 11 is 6.20. The summed E-state index contributed by atoms with van der Waals surface area (Å²) in [4.78, 5) is 16.0. The molecule has 0 saturated carbocycles. The molecule has 132 valence electrons. The number of halogens is 1. The van der Waals surface area contributed by atoms with Gasteiger partial charge >= 0.3 is 0 Å². The summed E-state index contributed by atoms with van der Waals surface area (Å²) in [6.45, 7) is 6.11. The van der Waals surface area contributed by atoms with Crippen LogP contribution in [0, 0.1) is 6.92 Å². The Morgan fingerprint density at radius 3 is 2.40 bits per heavy atom. The maximum atomic E-state index is 13.1. The summed E-state index contributed by atoms with van der Waals surface area (Å²) in [7, 11) is 2.21. The Labute approximate surface area is 154 Å². The number of carbonyl (C=O) groups is 1. The molecule has 1 heterocycles. The number of likely N-dealkylation sites (N-methyl/N-ethyl adjacent to an activating group) is 1. The molecule has 1 fully saturated rings. The fraction of sp³-hybridized carbons (Fsp3) is 0.350. The Balaban J connectivity index is 1.83. The van der Waals surface area contributed by atoms with Gasteiger partial charge in [-0.15, -0.1) is 0 Å². The first-order chi connectivity index (χ1) is 12.0. The topological polar surface area (TPSA) is 38.0 Å². The first kappa shape index (κ1) is 17.9. The van der Waals surface area contributed by atoms with E-state index in [4.69, 9.17) is 11.6 Å². The summed E-state index contributed by atoms with van der Waals surface area (Å²) in [6.07, 6.45) is 0. The number of rotatable bonds is 4. The zero-order valence-corrected chi connectivity index (χ0v) is 15.6. The van der Waals surface area contributed by atoms with Crippen LogP contribution in [0.1, 0.15) is 17.2 Å². The molecule has 4 nitrogen and oxygen atoms in total. The van der Waals surface area contributed by atoms with Crippen molar-refractivity contribution in [3.8, 4) is 0 Å². The number of hydrogen-bond donors (Lipinski definition) is 3. The van der Waals surface area contributed by atoms with E-state index in [0.717, 1.165) is 43.0 Å². The Morgan fingerprint density at radius 2 is 1.76 bits per heavy atom. The molecule has 1 amide bonds. The average molecular weight is 360 g/mol. The van der Waals surface area contributed by atoms with Gasteiger partial charge < -0.3 is 15.1 Å². The van der Waals surface area contributed by atoms with E-state index in [9.17, 15) is 4.79 Å². The molecular weight excluding hydrogens is 334 g/mol. The van der Waals surface area contributed by atoms with Crippen molar-refractivity contribution in [3.63, 3.8) is 0 Å². The van der Waals surface area contributed by atoms with E-state index in [0.29, 0.717) is 5.02 Å². The van der Waals surface area contributed by atoms with Gasteiger partial charge in [-0.05, 0) is 24.6 Å². The Bertz CT molecular complexity index is 727. The predicted molar refractivity (Wildman–Crippen MR) is 101 cm³/mol. The van der Waals surface area contributed by atoms with Crippen molar-refractivity contribution < 1.29 is 14.6 Å². The van der Waals surface area contributed by atoms with E-state index in [1.807, 2.05) is 55.5 Å². The highest BCUT2D eigenvalue weighted by molar-refractivity contribution is 6.31. The largest absolute Gasteiger partial charge is 0.328 e. The van der Waals surface area contributed by atoms with Gasteiger partial charge in [0.15, 0.2) is 6.04 Å². The van der Waals surface area contributed by atoms with Crippen molar-refractivity contribution in [3.05, 3.63) is 64.7 Å². The van der Waals surface area contributed by atoms with Crippen LogP contribution in [-0.4, -0.2) is 39.1 Å². The third kappa shape index (κ3) is 4.40. The number of anilines is 1. The number of piperazine rings is 1. The molecule has 1 aliphatic rings. The summed E-state index contributed by atoms with van der Waals surface area (Å²) in [5, 5.41) is 3.74. The summed E-state index contributed by atoms with van der Waals surface area (Å²) in [5.41, 5.74) is 2.82. The van der Waals surface area contributed by atoms with Crippen LogP contribution in [0.5, 0.6) is 0 Å². The number of hydrogen-bond acceptors (Lipinski definition) is 1. The van der Waals surface area contributed by atoms with E-state index in [-0.39, 0.29) is 11.9 Å². The first-order valence-corrected chi connectivity index (χ1v) is 9.20. The second kappa shape index (κ2) is 8.00. The molecule has 0 bridgehead atoms. The van der Waals surface area contributed by atoms with Crippen LogP contribution in [0.3, 0.4) is 0 Å². The molecule has 3 rings (SSSR count). The van der Waals surface area contributed by atoms with Gasteiger partial charge in [-0.3, -0.25) is 4.79 Å². The lowest BCUT2D eigenvalue weighted by Gasteiger charge is -2.32. The molecule has 0 unspecified atom stereocenters. The van der Waals surface area contributed by atoms with Gasteiger partial charge in [-0.1, -0.05) is 48.0 Å². The highest BCUT2D eigenvalue weighted by Crippen LogP contribution is 2.21. The van der Waals surface area contributed by atoms with Crippen LogP contribution in [-0.2, 0) is 4.79 Å². The van der Waals surface area contributed by atoms with E-state index in [2.05, 4.69) is 12.4 Å². The zero-order chi connectivity index (χ0) is 17.8.